The normalized spacial score (nSPS) is 20.1. The topological polar surface area (TPSA) is 48.1 Å². The van der Waals surface area contributed by atoms with E-state index < -0.39 is 0 Å². The fraction of sp³-hybridized carbons (Fsp3) is 0.545. The summed E-state index contributed by atoms with van der Waals surface area (Å²) >= 11 is 6.06. The SMILES string of the molecule is N[C@H](c1ccncc1Cl)C1CCOCC1. The van der Waals surface area contributed by atoms with Gasteiger partial charge in [-0.3, -0.25) is 4.98 Å². The Morgan fingerprint density at radius 3 is 2.87 bits per heavy atom. The van der Waals surface area contributed by atoms with Gasteiger partial charge >= 0.3 is 0 Å². The summed E-state index contributed by atoms with van der Waals surface area (Å²) in [5.41, 5.74) is 7.20. The molecule has 1 fully saturated rings. The van der Waals surface area contributed by atoms with Crippen LogP contribution in [0.2, 0.25) is 5.02 Å². The van der Waals surface area contributed by atoms with Crippen molar-refractivity contribution >= 4 is 11.6 Å². The van der Waals surface area contributed by atoms with Crippen LogP contribution in [0.15, 0.2) is 18.5 Å². The molecule has 3 nitrogen and oxygen atoms in total. The zero-order valence-electron chi connectivity index (χ0n) is 8.53. The third kappa shape index (κ3) is 2.48. The lowest BCUT2D eigenvalue weighted by atomic mass is 9.88. The first-order valence-corrected chi connectivity index (χ1v) is 5.59. The maximum absolute atomic E-state index is 6.20. The average Bonchev–Trinajstić information content (AvgIpc) is 2.30. The van der Waals surface area contributed by atoms with Crippen LogP contribution in [0.1, 0.15) is 24.4 Å². The van der Waals surface area contributed by atoms with E-state index in [1.807, 2.05) is 6.07 Å². The Kier molecular flexibility index (Phi) is 3.57. The van der Waals surface area contributed by atoms with Gasteiger partial charge in [-0.15, -0.1) is 0 Å². The fourth-order valence-corrected chi connectivity index (χ4v) is 2.23. The Labute approximate surface area is 94.6 Å². The van der Waals surface area contributed by atoms with E-state index in [1.165, 1.54) is 0 Å². The van der Waals surface area contributed by atoms with Crippen molar-refractivity contribution in [3.8, 4) is 0 Å². The molecule has 1 aliphatic rings. The van der Waals surface area contributed by atoms with Crippen molar-refractivity contribution in [3.63, 3.8) is 0 Å². The van der Waals surface area contributed by atoms with Crippen molar-refractivity contribution in [2.24, 2.45) is 11.7 Å². The summed E-state index contributed by atoms with van der Waals surface area (Å²) < 4.78 is 5.32. The highest BCUT2D eigenvalue weighted by atomic mass is 35.5. The molecule has 1 aliphatic heterocycles. The molecule has 1 saturated heterocycles. The van der Waals surface area contributed by atoms with Gasteiger partial charge < -0.3 is 10.5 Å². The quantitative estimate of drug-likeness (QED) is 0.841. The third-order valence-electron chi connectivity index (χ3n) is 2.94. The summed E-state index contributed by atoms with van der Waals surface area (Å²) in [5, 5.41) is 0.663. The lowest BCUT2D eigenvalue weighted by molar-refractivity contribution is 0.0584. The number of halogens is 1. The molecule has 1 atom stereocenters. The predicted molar refractivity (Wildman–Crippen MR) is 59.7 cm³/mol. The Morgan fingerprint density at radius 1 is 1.47 bits per heavy atom. The number of rotatable bonds is 2. The Balaban J connectivity index is 2.12. The van der Waals surface area contributed by atoms with Gasteiger partial charge in [0.25, 0.3) is 0 Å². The van der Waals surface area contributed by atoms with Crippen molar-refractivity contribution < 1.29 is 4.74 Å². The van der Waals surface area contributed by atoms with Crippen LogP contribution in [0.25, 0.3) is 0 Å². The van der Waals surface area contributed by atoms with Crippen LogP contribution in [0.5, 0.6) is 0 Å². The predicted octanol–water partition coefficient (Wildman–Crippen LogP) is 2.16. The minimum Gasteiger partial charge on any atom is -0.381 e. The van der Waals surface area contributed by atoms with Crippen LogP contribution in [-0.2, 0) is 4.74 Å². The lowest BCUT2D eigenvalue weighted by Gasteiger charge is -2.28. The van der Waals surface area contributed by atoms with E-state index in [4.69, 9.17) is 22.1 Å². The smallest absolute Gasteiger partial charge is 0.0637 e. The molecule has 4 heteroatoms. The molecule has 15 heavy (non-hydrogen) atoms. The molecule has 0 unspecified atom stereocenters. The maximum Gasteiger partial charge on any atom is 0.0637 e. The first kappa shape index (κ1) is 10.9. The summed E-state index contributed by atoms with van der Waals surface area (Å²) in [5.74, 6) is 0.471. The molecule has 0 spiro atoms. The second kappa shape index (κ2) is 4.92. The second-order valence-electron chi connectivity index (χ2n) is 3.87. The third-order valence-corrected chi connectivity index (χ3v) is 3.25. The van der Waals surface area contributed by atoms with E-state index in [0.717, 1.165) is 31.6 Å². The zero-order valence-corrected chi connectivity index (χ0v) is 9.28. The molecule has 0 aliphatic carbocycles. The zero-order chi connectivity index (χ0) is 10.7. The maximum atomic E-state index is 6.20. The molecule has 0 bridgehead atoms. The van der Waals surface area contributed by atoms with E-state index in [-0.39, 0.29) is 6.04 Å². The highest BCUT2D eigenvalue weighted by Gasteiger charge is 2.23. The molecular weight excluding hydrogens is 212 g/mol. The van der Waals surface area contributed by atoms with Crippen LogP contribution in [0.3, 0.4) is 0 Å². The minimum atomic E-state index is 0.00407. The second-order valence-corrected chi connectivity index (χ2v) is 4.28. The fourth-order valence-electron chi connectivity index (χ4n) is 1.99. The van der Waals surface area contributed by atoms with E-state index in [0.29, 0.717) is 10.9 Å². The van der Waals surface area contributed by atoms with Crippen molar-refractivity contribution in [2.45, 2.75) is 18.9 Å². The Hall–Kier alpha value is -0.640. The van der Waals surface area contributed by atoms with Crippen molar-refractivity contribution in [2.75, 3.05) is 13.2 Å². The number of hydrogen-bond acceptors (Lipinski definition) is 3. The van der Waals surface area contributed by atoms with Crippen LogP contribution < -0.4 is 5.73 Å². The molecule has 0 radical (unpaired) electrons. The van der Waals surface area contributed by atoms with Gasteiger partial charge in [0, 0.05) is 31.6 Å². The van der Waals surface area contributed by atoms with Crippen molar-refractivity contribution in [3.05, 3.63) is 29.0 Å². The highest BCUT2D eigenvalue weighted by Crippen LogP contribution is 2.31. The summed E-state index contributed by atoms with van der Waals surface area (Å²) in [6.45, 7) is 1.61. The first-order chi connectivity index (χ1) is 7.29. The van der Waals surface area contributed by atoms with Crippen molar-refractivity contribution in [1.29, 1.82) is 0 Å². The molecule has 0 amide bonds. The number of pyridine rings is 1. The monoisotopic (exact) mass is 226 g/mol. The van der Waals surface area contributed by atoms with Crippen LogP contribution in [0, 0.1) is 5.92 Å². The van der Waals surface area contributed by atoms with Crippen LogP contribution in [-0.4, -0.2) is 18.2 Å². The van der Waals surface area contributed by atoms with E-state index in [2.05, 4.69) is 4.98 Å². The molecule has 2 rings (SSSR count). The Bertz CT molecular complexity index is 326. The van der Waals surface area contributed by atoms with Gasteiger partial charge in [0.2, 0.25) is 0 Å². The number of ether oxygens (including phenoxy) is 1. The van der Waals surface area contributed by atoms with Gasteiger partial charge in [-0.25, -0.2) is 0 Å². The molecule has 2 heterocycles. The standard InChI is InChI=1S/C11H15ClN2O/c12-10-7-14-4-1-9(10)11(13)8-2-5-15-6-3-8/h1,4,7-8,11H,2-3,5-6,13H2/t11-/m0/s1. The average molecular weight is 227 g/mol. The van der Waals surface area contributed by atoms with Crippen LogP contribution >= 0.6 is 11.6 Å². The number of nitrogens with two attached hydrogens (primary N) is 1. The summed E-state index contributed by atoms with van der Waals surface area (Å²) in [6, 6.07) is 1.91. The van der Waals surface area contributed by atoms with Gasteiger partial charge in [-0.1, -0.05) is 11.6 Å². The van der Waals surface area contributed by atoms with Crippen molar-refractivity contribution in [1.82, 2.24) is 4.98 Å². The first-order valence-electron chi connectivity index (χ1n) is 5.22. The van der Waals surface area contributed by atoms with Crippen LogP contribution in [0.4, 0.5) is 0 Å². The summed E-state index contributed by atoms with van der Waals surface area (Å²) in [7, 11) is 0. The highest BCUT2D eigenvalue weighted by molar-refractivity contribution is 6.31. The van der Waals surface area contributed by atoms with Gasteiger partial charge in [-0.05, 0) is 30.4 Å². The molecule has 82 valence electrons. The molecule has 1 aromatic heterocycles. The number of nitrogens with zero attached hydrogens (tertiary/aromatic N) is 1. The van der Waals surface area contributed by atoms with E-state index in [9.17, 15) is 0 Å². The lowest BCUT2D eigenvalue weighted by Crippen LogP contribution is -2.27. The summed E-state index contributed by atoms with van der Waals surface area (Å²) in [4.78, 5) is 3.96. The number of aromatic nitrogens is 1. The van der Waals surface area contributed by atoms with Gasteiger partial charge in [-0.2, -0.15) is 0 Å². The Morgan fingerprint density at radius 2 is 2.20 bits per heavy atom. The molecule has 0 aromatic carbocycles. The molecule has 0 saturated carbocycles. The largest absolute Gasteiger partial charge is 0.381 e. The van der Waals surface area contributed by atoms with Gasteiger partial charge in [0.15, 0.2) is 0 Å². The molecule has 2 N–H and O–H groups in total. The van der Waals surface area contributed by atoms with Gasteiger partial charge in [0.05, 0.1) is 5.02 Å². The minimum absolute atomic E-state index is 0.00407. The van der Waals surface area contributed by atoms with Gasteiger partial charge in [0.1, 0.15) is 0 Å². The molecular formula is C11H15ClN2O. The molecule has 1 aromatic rings. The number of hydrogen-bond donors (Lipinski definition) is 1. The van der Waals surface area contributed by atoms with E-state index in [1.54, 1.807) is 12.4 Å². The van der Waals surface area contributed by atoms with E-state index >= 15 is 0 Å². The summed E-state index contributed by atoms with van der Waals surface area (Å²) in [6.07, 6.45) is 5.41.